The molecule has 6 nitrogen and oxygen atoms in total. The highest BCUT2D eigenvalue weighted by Crippen LogP contribution is 2.36. The molecule has 1 amide bonds. The summed E-state index contributed by atoms with van der Waals surface area (Å²) in [5.41, 5.74) is 0.892. The Morgan fingerprint density at radius 2 is 1.70 bits per heavy atom. The number of carbonyl (C=O) groups is 2. The number of thiophene rings is 1. The van der Waals surface area contributed by atoms with Gasteiger partial charge in [0, 0.05) is 10.1 Å². The molecular formula is C19H17NO5S2. The van der Waals surface area contributed by atoms with Crippen LogP contribution in [0.15, 0.2) is 54.6 Å². The maximum absolute atomic E-state index is 12.4. The molecule has 0 bridgehead atoms. The smallest absolute Gasteiger partial charge is 0.350 e. The number of sulfone groups is 1. The van der Waals surface area contributed by atoms with Crippen LogP contribution in [0, 0.1) is 0 Å². The summed E-state index contributed by atoms with van der Waals surface area (Å²) in [6.07, 6.45) is 0. The molecular weight excluding hydrogens is 386 g/mol. The molecule has 1 heterocycles. The van der Waals surface area contributed by atoms with Crippen molar-refractivity contribution in [3.63, 3.8) is 0 Å². The Morgan fingerprint density at radius 1 is 1.04 bits per heavy atom. The lowest BCUT2D eigenvalue weighted by atomic mass is 10.2. The van der Waals surface area contributed by atoms with E-state index in [0.717, 1.165) is 4.70 Å². The van der Waals surface area contributed by atoms with Crippen LogP contribution in [0.2, 0.25) is 0 Å². The van der Waals surface area contributed by atoms with Gasteiger partial charge in [0.05, 0.1) is 18.6 Å². The molecule has 140 valence electrons. The molecule has 0 aliphatic rings. The fourth-order valence-corrected chi connectivity index (χ4v) is 5.01. The van der Waals surface area contributed by atoms with Gasteiger partial charge in [-0.2, -0.15) is 0 Å². The van der Waals surface area contributed by atoms with Crippen LogP contribution in [0.25, 0.3) is 10.1 Å². The lowest BCUT2D eigenvalue weighted by Gasteiger charge is -2.08. The lowest BCUT2D eigenvalue weighted by molar-refractivity contribution is -0.113. The van der Waals surface area contributed by atoms with E-state index in [4.69, 9.17) is 4.74 Å². The van der Waals surface area contributed by atoms with Crippen LogP contribution in [0.5, 0.6) is 0 Å². The summed E-state index contributed by atoms with van der Waals surface area (Å²) in [5, 5.41) is 3.25. The van der Waals surface area contributed by atoms with E-state index in [2.05, 4.69) is 5.32 Å². The van der Waals surface area contributed by atoms with Gasteiger partial charge >= 0.3 is 5.97 Å². The minimum atomic E-state index is -3.65. The Labute approximate surface area is 160 Å². The molecule has 2 aromatic carbocycles. The number of ether oxygens (including phenoxy) is 1. The van der Waals surface area contributed by atoms with Crippen molar-refractivity contribution in [2.75, 3.05) is 18.2 Å². The molecule has 0 radical (unpaired) electrons. The topological polar surface area (TPSA) is 89.5 Å². The first-order chi connectivity index (χ1) is 12.9. The lowest BCUT2D eigenvalue weighted by Crippen LogP contribution is -2.24. The van der Waals surface area contributed by atoms with Crippen molar-refractivity contribution in [3.05, 3.63) is 65.0 Å². The molecule has 1 aromatic heterocycles. The van der Waals surface area contributed by atoms with E-state index in [1.807, 2.05) is 12.1 Å². The average Bonchev–Trinajstić information content (AvgIpc) is 2.99. The minimum absolute atomic E-state index is 0.227. The van der Waals surface area contributed by atoms with Crippen LogP contribution in [-0.4, -0.2) is 33.2 Å². The van der Waals surface area contributed by atoms with Crippen LogP contribution in [0.4, 0.5) is 5.69 Å². The van der Waals surface area contributed by atoms with E-state index in [0.29, 0.717) is 10.9 Å². The van der Waals surface area contributed by atoms with Crippen LogP contribution >= 0.6 is 11.3 Å². The summed E-state index contributed by atoms with van der Waals surface area (Å²) in [4.78, 5) is 24.6. The number of fused-ring (bicyclic) bond motifs is 1. The molecule has 0 saturated heterocycles. The normalized spacial score (nSPS) is 11.3. The first kappa shape index (κ1) is 19.1. The van der Waals surface area contributed by atoms with E-state index >= 15 is 0 Å². The molecule has 8 heteroatoms. The first-order valence-electron chi connectivity index (χ1n) is 8.03. The fourth-order valence-electron chi connectivity index (χ4n) is 2.66. The Kier molecular flexibility index (Phi) is 5.57. The third kappa shape index (κ3) is 4.53. The highest BCUT2D eigenvalue weighted by molar-refractivity contribution is 7.91. The molecule has 0 spiro atoms. The Hall–Kier alpha value is -2.71. The fraction of sp³-hybridized carbons (Fsp3) is 0.158. The zero-order valence-corrected chi connectivity index (χ0v) is 16.1. The van der Waals surface area contributed by atoms with Gasteiger partial charge < -0.3 is 10.1 Å². The average molecular weight is 403 g/mol. The number of rotatable bonds is 6. The van der Waals surface area contributed by atoms with E-state index in [1.54, 1.807) is 42.5 Å². The van der Waals surface area contributed by atoms with Crippen molar-refractivity contribution in [3.8, 4) is 0 Å². The van der Waals surface area contributed by atoms with Crippen molar-refractivity contribution >= 4 is 48.8 Å². The monoisotopic (exact) mass is 403 g/mol. The predicted octanol–water partition coefficient (Wildman–Crippen LogP) is 3.24. The van der Waals surface area contributed by atoms with Gasteiger partial charge in [-0.15, -0.1) is 11.3 Å². The highest BCUT2D eigenvalue weighted by atomic mass is 32.2. The zero-order chi connectivity index (χ0) is 19.4. The third-order valence-corrected chi connectivity index (χ3v) is 6.44. The zero-order valence-electron chi connectivity index (χ0n) is 14.5. The molecule has 0 atom stereocenters. The quantitative estimate of drug-likeness (QED) is 0.638. The Bertz CT molecular complexity index is 1090. The molecule has 0 saturated carbocycles. The van der Waals surface area contributed by atoms with Crippen molar-refractivity contribution in [1.29, 1.82) is 0 Å². The number of amides is 1. The molecule has 3 rings (SSSR count). The molecule has 0 aliphatic carbocycles. The van der Waals surface area contributed by atoms with Gasteiger partial charge in [-0.1, -0.05) is 48.5 Å². The second kappa shape index (κ2) is 7.89. The minimum Gasteiger partial charge on any atom is -0.465 e. The number of esters is 1. The second-order valence-corrected chi connectivity index (χ2v) is 8.98. The highest BCUT2D eigenvalue weighted by Gasteiger charge is 2.23. The molecule has 0 fully saturated rings. The van der Waals surface area contributed by atoms with Crippen LogP contribution < -0.4 is 5.32 Å². The Balaban J connectivity index is 1.82. The predicted molar refractivity (Wildman–Crippen MR) is 106 cm³/mol. The number of anilines is 1. The summed E-state index contributed by atoms with van der Waals surface area (Å²) in [5.74, 6) is -2.18. The molecule has 27 heavy (non-hydrogen) atoms. The van der Waals surface area contributed by atoms with E-state index < -0.39 is 27.5 Å². The van der Waals surface area contributed by atoms with E-state index in [1.165, 1.54) is 18.4 Å². The van der Waals surface area contributed by atoms with Gasteiger partial charge in [0.15, 0.2) is 9.84 Å². The van der Waals surface area contributed by atoms with Gasteiger partial charge in [-0.25, -0.2) is 13.2 Å². The summed E-state index contributed by atoms with van der Waals surface area (Å²) < 4.78 is 30.2. The van der Waals surface area contributed by atoms with Gasteiger partial charge in [0.2, 0.25) is 5.91 Å². The van der Waals surface area contributed by atoms with Crippen molar-refractivity contribution < 1.29 is 22.7 Å². The van der Waals surface area contributed by atoms with Crippen molar-refractivity contribution in [2.45, 2.75) is 5.75 Å². The SMILES string of the molecule is COC(=O)c1sc2ccccc2c1NC(=O)CS(=O)(=O)Cc1ccccc1. The maximum Gasteiger partial charge on any atom is 0.350 e. The van der Waals surface area contributed by atoms with Gasteiger partial charge in [0.25, 0.3) is 0 Å². The first-order valence-corrected chi connectivity index (χ1v) is 10.7. The molecule has 0 aliphatic heterocycles. The standard InChI is InChI=1S/C19H17NO5S2/c1-25-19(22)18-17(14-9-5-6-10-15(14)26-18)20-16(21)12-27(23,24)11-13-7-3-2-4-8-13/h2-10H,11-12H2,1H3,(H,20,21). The molecule has 1 N–H and O–H groups in total. The van der Waals surface area contributed by atoms with Gasteiger partial charge in [-0.3, -0.25) is 4.79 Å². The molecule has 0 unspecified atom stereocenters. The van der Waals surface area contributed by atoms with Gasteiger partial charge in [0.1, 0.15) is 10.6 Å². The summed E-state index contributed by atoms with van der Waals surface area (Å²) in [6.45, 7) is 0. The number of hydrogen-bond donors (Lipinski definition) is 1. The van der Waals surface area contributed by atoms with Gasteiger partial charge in [-0.05, 0) is 11.6 Å². The number of hydrogen-bond acceptors (Lipinski definition) is 6. The number of carbonyl (C=O) groups excluding carboxylic acids is 2. The number of nitrogens with one attached hydrogen (secondary N) is 1. The second-order valence-electron chi connectivity index (χ2n) is 5.86. The number of methoxy groups -OCH3 is 1. The van der Waals surface area contributed by atoms with E-state index in [9.17, 15) is 18.0 Å². The summed E-state index contributed by atoms with van der Waals surface area (Å²) >= 11 is 1.18. The Morgan fingerprint density at radius 3 is 2.41 bits per heavy atom. The van der Waals surface area contributed by atoms with Crippen molar-refractivity contribution in [1.82, 2.24) is 0 Å². The largest absolute Gasteiger partial charge is 0.465 e. The van der Waals surface area contributed by atoms with Crippen molar-refractivity contribution in [2.24, 2.45) is 0 Å². The third-order valence-electron chi connectivity index (χ3n) is 3.81. The number of benzene rings is 2. The summed E-state index contributed by atoms with van der Waals surface area (Å²) in [7, 11) is -2.40. The van der Waals surface area contributed by atoms with Crippen LogP contribution in [0.3, 0.4) is 0 Å². The summed E-state index contributed by atoms with van der Waals surface area (Å²) in [6, 6.07) is 15.8. The molecule has 3 aromatic rings. The van der Waals surface area contributed by atoms with Crippen LogP contribution in [0.1, 0.15) is 15.2 Å². The maximum atomic E-state index is 12.4. The van der Waals surface area contributed by atoms with E-state index in [-0.39, 0.29) is 16.3 Å². The van der Waals surface area contributed by atoms with Crippen LogP contribution in [-0.2, 0) is 25.1 Å².